The molecule has 15 heavy (non-hydrogen) atoms. The van der Waals surface area contributed by atoms with Gasteiger partial charge in [0.05, 0.1) is 17.8 Å². The zero-order valence-corrected chi connectivity index (χ0v) is 8.73. The largest absolute Gasteiger partial charge is 0.494 e. The molecule has 0 saturated heterocycles. The van der Waals surface area contributed by atoms with Gasteiger partial charge in [-0.1, -0.05) is 6.07 Å². The van der Waals surface area contributed by atoms with Crippen LogP contribution in [0.4, 0.5) is 0 Å². The highest BCUT2D eigenvalue weighted by atomic mass is 16.5. The Morgan fingerprint density at radius 3 is 2.87 bits per heavy atom. The molecule has 0 fully saturated rings. The average molecular weight is 202 g/mol. The molecule has 1 heterocycles. The Hall–Kier alpha value is -1.61. The van der Waals surface area contributed by atoms with Gasteiger partial charge in [0, 0.05) is 11.9 Å². The third-order valence-electron chi connectivity index (χ3n) is 2.24. The van der Waals surface area contributed by atoms with E-state index < -0.39 is 0 Å². The molecule has 0 aliphatic carbocycles. The molecule has 0 bridgehead atoms. The standard InChI is InChI=1S/C12H14N2O/c1-2-15-11-5-6-12-9(7-11)3-4-10(8-13)14-12/h3-7H,2,8,13H2,1H3. The third kappa shape index (κ3) is 2.07. The highest BCUT2D eigenvalue weighted by Gasteiger charge is 1.99. The Balaban J connectivity index is 2.45. The van der Waals surface area contributed by atoms with Crippen molar-refractivity contribution in [2.45, 2.75) is 13.5 Å². The molecule has 78 valence electrons. The van der Waals surface area contributed by atoms with E-state index in [2.05, 4.69) is 4.98 Å². The van der Waals surface area contributed by atoms with Gasteiger partial charge in [-0.3, -0.25) is 4.98 Å². The summed E-state index contributed by atoms with van der Waals surface area (Å²) in [4.78, 5) is 4.41. The fourth-order valence-electron chi connectivity index (χ4n) is 1.52. The van der Waals surface area contributed by atoms with Gasteiger partial charge in [-0.2, -0.15) is 0 Å². The smallest absolute Gasteiger partial charge is 0.120 e. The monoisotopic (exact) mass is 202 g/mol. The number of nitrogens with zero attached hydrogens (tertiary/aromatic N) is 1. The summed E-state index contributed by atoms with van der Waals surface area (Å²) in [5.41, 5.74) is 7.40. The number of ether oxygens (including phenoxy) is 1. The van der Waals surface area contributed by atoms with E-state index in [-0.39, 0.29) is 0 Å². The van der Waals surface area contributed by atoms with Crippen LogP contribution in [0.1, 0.15) is 12.6 Å². The lowest BCUT2D eigenvalue weighted by Crippen LogP contribution is -1.99. The number of rotatable bonds is 3. The Morgan fingerprint density at radius 2 is 2.13 bits per heavy atom. The van der Waals surface area contributed by atoms with Crippen LogP contribution in [0.25, 0.3) is 10.9 Å². The van der Waals surface area contributed by atoms with Crippen LogP contribution in [0.2, 0.25) is 0 Å². The number of nitrogens with two attached hydrogens (primary N) is 1. The van der Waals surface area contributed by atoms with Crippen molar-refractivity contribution in [3.8, 4) is 5.75 Å². The van der Waals surface area contributed by atoms with Crippen molar-refractivity contribution < 1.29 is 4.74 Å². The second-order valence-electron chi connectivity index (χ2n) is 3.29. The minimum atomic E-state index is 0.475. The van der Waals surface area contributed by atoms with E-state index in [9.17, 15) is 0 Å². The van der Waals surface area contributed by atoms with Crippen molar-refractivity contribution in [3.05, 3.63) is 36.0 Å². The number of hydrogen-bond acceptors (Lipinski definition) is 3. The molecular formula is C12H14N2O. The number of pyridine rings is 1. The van der Waals surface area contributed by atoms with Gasteiger partial charge in [0.15, 0.2) is 0 Å². The lowest BCUT2D eigenvalue weighted by atomic mass is 10.2. The molecule has 0 amide bonds. The van der Waals surface area contributed by atoms with Crippen LogP contribution in [-0.4, -0.2) is 11.6 Å². The summed E-state index contributed by atoms with van der Waals surface area (Å²) in [6.45, 7) is 3.13. The van der Waals surface area contributed by atoms with Crippen molar-refractivity contribution in [1.29, 1.82) is 0 Å². The first-order chi connectivity index (χ1) is 7.33. The molecule has 2 N–H and O–H groups in total. The van der Waals surface area contributed by atoms with E-state index in [0.717, 1.165) is 22.3 Å². The predicted octanol–water partition coefficient (Wildman–Crippen LogP) is 2.09. The Bertz CT molecular complexity index is 468. The summed E-state index contributed by atoms with van der Waals surface area (Å²) in [6.07, 6.45) is 0. The zero-order valence-electron chi connectivity index (χ0n) is 8.73. The summed E-state index contributed by atoms with van der Waals surface area (Å²) in [6, 6.07) is 9.84. The minimum Gasteiger partial charge on any atom is -0.494 e. The second kappa shape index (κ2) is 4.28. The molecule has 0 unspecified atom stereocenters. The van der Waals surface area contributed by atoms with Gasteiger partial charge in [0.25, 0.3) is 0 Å². The van der Waals surface area contributed by atoms with Gasteiger partial charge in [0.1, 0.15) is 5.75 Å². The van der Waals surface area contributed by atoms with Crippen LogP contribution >= 0.6 is 0 Å². The molecule has 3 heteroatoms. The molecule has 2 aromatic rings. The fraction of sp³-hybridized carbons (Fsp3) is 0.250. The van der Waals surface area contributed by atoms with E-state index in [1.807, 2.05) is 37.3 Å². The summed E-state index contributed by atoms with van der Waals surface area (Å²) < 4.78 is 5.42. The third-order valence-corrected chi connectivity index (χ3v) is 2.24. The maximum Gasteiger partial charge on any atom is 0.120 e. The van der Waals surface area contributed by atoms with Crippen molar-refractivity contribution in [1.82, 2.24) is 4.98 Å². The summed E-state index contributed by atoms with van der Waals surface area (Å²) in [7, 11) is 0. The summed E-state index contributed by atoms with van der Waals surface area (Å²) >= 11 is 0. The molecule has 1 aromatic heterocycles. The van der Waals surface area contributed by atoms with Crippen molar-refractivity contribution in [2.24, 2.45) is 5.73 Å². The molecule has 0 saturated carbocycles. The van der Waals surface area contributed by atoms with Crippen LogP contribution in [0.3, 0.4) is 0 Å². The molecule has 0 atom stereocenters. The lowest BCUT2D eigenvalue weighted by Gasteiger charge is -2.05. The number of fused-ring (bicyclic) bond motifs is 1. The minimum absolute atomic E-state index is 0.475. The Morgan fingerprint density at radius 1 is 1.27 bits per heavy atom. The molecule has 0 aliphatic rings. The Labute approximate surface area is 88.9 Å². The zero-order chi connectivity index (χ0) is 10.7. The van der Waals surface area contributed by atoms with Gasteiger partial charge in [-0.25, -0.2) is 0 Å². The van der Waals surface area contributed by atoms with Crippen LogP contribution in [0, 0.1) is 0 Å². The van der Waals surface area contributed by atoms with Gasteiger partial charge in [0.2, 0.25) is 0 Å². The van der Waals surface area contributed by atoms with Gasteiger partial charge in [-0.05, 0) is 31.2 Å². The predicted molar refractivity (Wildman–Crippen MR) is 60.8 cm³/mol. The van der Waals surface area contributed by atoms with E-state index in [1.54, 1.807) is 0 Å². The van der Waals surface area contributed by atoms with Crippen LogP contribution < -0.4 is 10.5 Å². The number of benzene rings is 1. The highest BCUT2D eigenvalue weighted by Crippen LogP contribution is 2.19. The van der Waals surface area contributed by atoms with Gasteiger partial charge >= 0.3 is 0 Å². The normalized spacial score (nSPS) is 10.5. The van der Waals surface area contributed by atoms with Crippen LogP contribution in [0.15, 0.2) is 30.3 Å². The van der Waals surface area contributed by atoms with E-state index in [0.29, 0.717) is 13.2 Å². The summed E-state index contributed by atoms with van der Waals surface area (Å²) in [5.74, 6) is 0.882. The van der Waals surface area contributed by atoms with E-state index in [1.165, 1.54) is 0 Å². The molecule has 3 nitrogen and oxygen atoms in total. The molecule has 1 aromatic carbocycles. The van der Waals surface area contributed by atoms with Crippen molar-refractivity contribution in [3.63, 3.8) is 0 Å². The summed E-state index contributed by atoms with van der Waals surface area (Å²) in [5, 5.41) is 1.08. The first-order valence-corrected chi connectivity index (χ1v) is 5.06. The Kier molecular flexibility index (Phi) is 2.83. The molecule has 0 aliphatic heterocycles. The average Bonchev–Trinajstić information content (AvgIpc) is 2.29. The quantitative estimate of drug-likeness (QED) is 0.829. The topological polar surface area (TPSA) is 48.1 Å². The lowest BCUT2D eigenvalue weighted by molar-refractivity contribution is 0.340. The molecular weight excluding hydrogens is 188 g/mol. The number of aromatic nitrogens is 1. The van der Waals surface area contributed by atoms with Crippen LogP contribution in [0.5, 0.6) is 5.75 Å². The highest BCUT2D eigenvalue weighted by molar-refractivity contribution is 5.80. The van der Waals surface area contributed by atoms with Gasteiger partial charge in [-0.15, -0.1) is 0 Å². The second-order valence-corrected chi connectivity index (χ2v) is 3.29. The van der Waals surface area contributed by atoms with Gasteiger partial charge < -0.3 is 10.5 Å². The number of hydrogen-bond donors (Lipinski definition) is 1. The molecule has 2 rings (SSSR count). The van der Waals surface area contributed by atoms with Crippen LogP contribution in [-0.2, 0) is 6.54 Å². The molecule has 0 spiro atoms. The van der Waals surface area contributed by atoms with E-state index >= 15 is 0 Å². The van der Waals surface area contributed by atoms with Crippen molar-refractivity contribution >= 4 is 10.9 Å². The maximum atomic E-state index is 5.53. The van der Waals surface area contributed by atoms with Crippen molar-refractivity contribution in [2.75, 3.05) is 6.61 Å². The fourth-order valence-corrected chi connectivity index (χ4v) is 1.52. The molecule has 0 radical (unpaired) electrons. The van der Waals surface area contributed by atoms with E-state index in [4.69, 9.17) is 10.5 Å². The first-order valence-electron chi connectivity index (χ1n) is 5.06. The first kappa shape index (κ1) is 9.93. The SMILES string of the molecule is CCOc1ccc2nc(CN)ccc2c1. The maximum absolute atomic E-state index is 5.53.